The van der Waals surface area contributed by atoms with Gasteiger partial charge < -0.3 is 0 Å². The van der Waals surface area contributed by atoms with Gasteiger partial charge in [0.2, 0.25) is 0 Å². The van der Waals surface area contributed by atoms with Gasteiger partial charge in [-0.3, -0.25) is 0 Å². The van der Waals surface area contributed by atoms with E-state index in [-0.39, 0.29) is 49.3 Å². The maximum absolute atomic E-state index is 9.50. The molecule has 0 aliphatic carbocycles. The summed E-state index contributed by atoms with van der Waals surface area (Å²) in [5, 5.41) is -0.181. The Bertz CT molecular complexity index is 3380. The van der Waals surface area contributed by atoms with E-state index in [0.717, 1.165) is 22.5 Å². The zero-order chi connectivity index (χ0) is 45.6. The Morgan fingerprint density at radius 1 is 0.347 bits per heavy atom. The van der Waals surface area contributed by atoms with E-state index in [1.165, 1.54) is 0 Å². The molecule has 0 unspecified atom stereocenters. The van der Waals surface area contributed by atoms with Gasteiger partial charge in [-0.25, -0.2) is 15.0 Å². The molecule has 9 rings (SSSR count). The van der Waals surface area contributed by atoms with Crippen LogP contribution in [0.2, 0.25) is 0 Å². The lowest BCUT2D eigenvalue weighted by Crippen LogP contribution is -2.00. The van der Waals surface area contributed by atoms with Crippen molar-refractivity contribution < 1.29 is 20.6 Å². The lowest BCUT2D eigenvalue weighted by atomic mass is 9.99. The van der Waals surface area contributed by atoms with E-state index >= 15 is 0 Å². The molecule has 230 valence electrons. The van der Waals surface area contributed by atoms with Gasteiger partial charge in [-0.2, -0.15) is 0 Å². The minimum absolute atomic E-state index is 0.0121. The fourth-order valence-corrected chi connectivity index (χ4v) is 6.31. The van der Waals surface area contributed by atoms with Crippen molar-refractivity contribution >= 4 is 31.5 Å². The second-order valence-electron chi connectivity index (χ2n) is 10.9. The summed E-state index contributed by atoms with van der Waals surface area (Å²) in [4.78, 5) is 14.2. The Labute approximate surface area is 310 Å². The van der Waals surface area contributed by atoms with Gasteiger partial charge in [-0.1, -0.05) is 157 Å². The van der Waals surface area contributed by atoms with Crippen LogP contribution in [0.1, 0.15) is 20.6 Å². The molecule has 0 radical (unpaired) electrons. The molecule has 0 N–H and O–H groups in total. The molecule has 49 heavy (non-hydrogen) atoms. The summed E-state index contributed by atoms with van der Waals surface area (Å²) in [5.74, 6) is 0.422. The van der Waals surface area contributed by atoms with Crippen molar-refractivity contribution in [2.45, 2.75) is 0 Å². The average molecular weight is 659 g/mol. The molecule has 7 aromatic carbocycles. The molecule has 0 fully saturated rings. The summed E-state index contributed by atoms with van der Waals surface area (Å²) in [6, 6.07) is 16.6. The molecule has 0 spiro atoms. The van der Waals surface area contributed by atoms with E-state index < -0.39 is 107 Å². The van der Waals surface area contributed by atoms with Crippen LogP contribution in [0.25, 0.3) is 87.7 Å². The van der Waals surface area contributed by atoms with Crippen LogP contribution < -0.4 is 0 Å². The number of hydrogen-bond acceptors (Lipinski definition) is 4. The minimum Gasteiger partial charge on any atom is -0.208 e. The van der Waals surface area contributed by atoms with Crippen LogP contribution >= 0.6 is 11.3 Å². The SMILES string of the molecule is [2H]c1c([2H])c([2H])c(-c2c([2H])c([2H])c(-c3c([2H])c([2H])c4sc5c([2H])c(-c6nc(-c7ccccc7)nc(-c7ccc(-c8ccccc8)cc7)n6)c([2H])c([2H])c5c4c3[2H])c([2H])c2[2H])c([2H])c1[2H]. The van der Waals surface area contributed by atoms with Crippen molar-refractivity contribution in [3.63, 3.8) is 0 Å². The number of hydrogen-bond donors (Lipinski definition) is 0. The van der Waals surface area contributed by atoms with Gasteiger partial charge in [-0.15, -0.1) is 11.3 Å². The van der Waals surface area contributed by atoms with Crippen LogP contribution in [-0.2, 0) is 0 Å². The summed E-state index contributed by atoms with van der Waals surface area (Å²) in [7, 11) is 0. The van der Waals surface area contributed by atoms with Crippen molar-refractivity contribution in [2.24, 2.45) is 0 Å². The van der Waals surface area contributed by atoms with Crippen LogP contribution in [0.15, 0.2) is 176 Å². The zero-order valence-corrected chi connectivity index (χ0v) is 26.1. The first-order valence-electron chi connectivity index (χ1n) is 22.6. The normalized spacial score (nSPS) is 15.6. The zero-order valence-electron chi connectivity index (χ0n) is 40.3. The predicted molar refractivity (Wildman–Crippen MR) is 205 cm³/mol. The van der Waals surface area contributed by atoms with Crippen LogP contribution in [0.4, 0.5) is 0 Å². The Morgan fingerprint density at radius 3 is 1.51 bits per heavy atom. The fourth-order valence-electron chi connectivity index (χ4n) is 5.34. The lowest BCUT2D eigenvalue weighted by Gasteiger charge is -2.09. The Kier molecular flexibility index (Phi) is 4.37. The van der Waals surface area contributed by atoms with E-state index in [0.29, 0.717) is 11.1 Å². The standard InChI is InChI=1S/C45H29N3S/c1-4-10-30(11-5-1)32-16-18-34(19-17-32)37-25-27-41-40(28-37)39-26-24-38(29-42(39)49-41)45-47-43(35-14-8-3-9-15-35)46-44(48-45)36-22-20-33(21-23-36)31-12-6-2-7-13-31/h1-29H/i1D,4D,5D,10D,11D,16D,17D,18D,19D,24D,25D,26D,27D,28D,29D. The second kappa shape index (κ2) is 12.4. The van der Waals surface area contributed by atoms with Crippen molar-refractivity contribution in [1.82, 2.24) is 15.0 Å². The quantitative estimate of drug-likeness (QED) is 0.178. The average Bonchev–Trinajstić information content (AvgIpc) is 3.73. The summed E-state index contributed by atoms with van der Waals surface area (Å²) >= 11 is 0.851. The predicted octanol–water partition coefficient (Wildman–Crippen LogP) is 12.2. The smallest absolute Gasteiger partial charge is 0.164 e. The van der Waals surface area contributed by atoms with Gasteiger partial charge in [0.15, 0.2) is 17.5 Å². The Hall–Kier alpha value is -6.23. The Balaban J connectivity index is 1.26. The number of benzene rings is 7. The molecule has 0 aliphatic rings. The van der Waals surface area contributed by atoms with Crippen LogP contribution in [0.5, 0.6) is 0 Å². The van der Waals surface area contributed by atoms with Gasteiger partial charge in [0.1, 0.15) is 0 Å². The number of aromatic nitrogens is 3. The summed E-state index contributed by atoms with van der Waals surface area (Å²) < 4.78 is 133. The van der Waals surface area contributed by atoms with Crippen molar-refractivity contribution in [3.8, 4) is 67.5 Å². The number of rotatable bonds is 6. The fraction of sp³-hybridized carbons (Fsp3) is 0. The molecule has 9 aromatic rings. The van der Waals surface area contributed by atoms with Crippen LogP contribution in [-0.4, -0.2) is 15.0 Å². The molecule has 3 nitrogen and oxygen atoms in total. The molecule has 0 atom stereocenters. The summed E-state index contributed by atoms with van der Waals surface area (Å²) in [6.45, 7) is 0. The van der Waals surface area contributed by atoms with Crippen molar-refractivity contribution in [2.75, 3.05) is 0 Å². The third-order valence-electron chi connectivity index (χ3n) is 7.78. The lowest BCUT2D eigenvalue weighted by molar-refractivity contribution is 1.07. The van der Waals surface area contributed by atoms with Gasteiger partial charge in [0.05, 0.1) is 20.6 Å². The van der Waals surface area contributed by atoms with Gasteiger partial charge in [-0.05, 0) is 51.5 Å². The molecule has 2 heterocycles. The number of thiophene rings is 1. The van der Waals surface area contributed by atoms with E-state index in [9.17, 15) is 5.48 Å². The van der Waals surface area contributed by atoms with E-state index in [4.69, 9.17) is 30.0 Å². The molecule has 0 saturated heterocycles. The first-order chi connectivity index (χ1) is 30.5. The first-order valence-corrected chi connectivity index (χ1v) is 16.0. The van der Waals surface area contributed by atoms with Gasteiger partial charge in [0.25, 0.3) is 0 Å². The first kappa shape index (κ1) is 17.3. The highest BCUT2D eigenvalue weighted by molar-refractivity contribution is 7.25. The van der Waals surface area contributed by atoms with E-state index in [1.807, 2.05) is 72.8 Å². The highest BCUT2D eigenvalue weighted by Crippen LogP contribution is 2.39. The molecule has 0 aliphatic heterocycles. The van der Waals surface area contributed by atoms with Gasteiger partial charge >= 0.3 is 0 Å². The topological polar surface area (TPSA) is 38.7 Å². The van der Waals surface area contributed by atoms with E-state index in [1.54, 1.807) is 12.1 Å². The minimum atomic E-state index is -0.804. The molecular formula is C45H29N3S. The molecule has 4 heteroatoms. The van der Waals surface area contributed by atoms with Crippen LogP contribution in [0, 0.1) is 0 Å². The van der Waals surface area contributed by atoms with Gasteiger partial charge in [0, 0.05) is 36.9 Å². The molecular weight excluding hydrogens is 615 g/mol. The van der Waals surface area contributed by atoms with Crippen molar-refractivity contribution in [3.05, 3.63) is 176 Å². The maximum Gasteiger partial charge on any atom is 0.164 e. The monoisotopic (exact) mass is 658 g/mol. The molecule has 0 bridgehead atoms. The second-order valence-corrected chi connectivity index (χ2v) is 11.9. The third-order valence-corrected chi connectivity index (χ3v) is 8.80. The summed E-state index contributed by atoms with van der Waals surface area (Å²) in [5.41, 5.74) is 0.921. The number of fused-ring (bicyclic) bond motifs is 3. The number of nitrogens with zero attached hydrogens (tertiary/aromatic N) is 3. The molecule has 2 aromatic heterocycles. The maximum atomic E-state index is 9.50. The third kappa shape index (κ3) is 5.69. The molecule has 0 saturated carbocycles. The van der Waals surface area contributed by atoms with Crippen molar-refractivity contribution in [1.29, 1.82) is 0 Å². The highest BCUT2D eigenvalue weighted by Gasteiger charge is 2.15. The molecule has 0 amide bonds. The highest BCUT2D eigenvalue weighted by atomic mass is 32.1. The summed E-state index contributed by atoms with van der Waals surface area (Å²) in [6.07, 6.45) is 0. The van der Waals surface area contributed by atoms with E-state index in [2.05, 4.69) is 0 Å². The van der Waals surface area contributed by atoms with Crippen LogP contribution in [0.3, 0.4) is 0 Å². The largest absolute Gasteiger partial charge is 0.208 e. The Morgan fingerprint density at radius 2 is 0.837 bits per heavy atom.